The van der Waals surface area contributed by atoms with Gasteiger partial charge in [-0.2, -0.15) is 0 Å². The molecule has 3 heteroatoms. The van der Waals surface area contributed by atoms with Crippen molar-refractivity contribution in [3.8, 4) is 0 Å². The lowest BCUT2D eigenvalue weighted by Gasteiger charge is -2.32. The van der Waals surface area contributed by atoms with Gasteiger partial charge in [0.05, 0.1) is 0 Å². The van der Waals surface area contributed by atoms with Crippen molar-refractivity contribution in [2.45, 2.75) is 50.5 Å². The van der Waals surface area contributed by atoms with E-state index in [-0.39, 0.29) is 5.82 Å². The van der Waals surface area contributed by atoms with Crippen LogP contribution in [0.1, 0.15) is 38.7 Å². The summed E-state index contributed by atoms with van der Waals surface area (Å²) in [4.78, 5) is 2.47. The van der Waals surface area contributed by atoms with Crippen LogP contribution in [0.3, 0.4) is 0 Å². The van der Waals surface area contributed by atoms with Crippen LogP contribution in [0.15, 0.2) is 18.2 Å². The van der Waals surface area contributed by atoms with E-state index >= 15 is 0 Å². The lowest BCUT2D eigenvalue weighted by molar-refractivity contribution is 0.614. The highest BCUT2D eigenvalue weighted by atomic mass is 79.9. The zero-order chi connectivity index (χ0) is 12.4. The third kappa shape index (κ3) is 2.49. The molecule has 0 amide bonds. The topological polar surface area (TPSA) is 3.24 Å². The van der Waals surface area contributed by atoms with Crippen LogP contribution in [-0.4, -0.2) is 12.1 Å². The van der Waals surface area contributed by atoms with Crippen LogP contribution in [-0.2, 0) is 5.33 Å². The van der Waals surface area contributed by atoms with E-state index in [0.717, 1.165) is 12.0 Å². The Morgan fingerprint density at radius 3 is 2.82 bits per heavy atom. The van der Waals surface area contributed by atoms with Crippen molar-refractivity contribution in [3.05, 3.63) is 29.6 Å². The minimum Gasteiger partial charge on any atom is -0.366 e. The van der Waals surface area contributed by atoms with Crippen molar-refractivity contribution in [3.63, 3.8) is 0 Å². The summed E-state index contributed by atoms with van der Waals surface area (Å²) in [6.07, 6.45) is 3.64. The SMILES string of the molecule is CCC1CCC(C)N1c1ccc(F)cc1CBr. The number of halogens is 2. The summed E-state index contributed by atoms with van der Waals surface area (Å²) in [6.45, 7) is 4.49. The maximum absolute atomic E-state index is 13.3. The minimum atomic E-state index is -0.150. The molecule has 2 unspecified atom stereocenters. The number of benzene rings is 1. The smallest absolute Gasteiger partial charge is 0.123 e. The van der Waals surface area contributed by atoms with Gasteiger partial charge in [0.15, 0.2) is 0 Å². The van der Waals surface area contributed by atoms with E-state index in [1.165, 1.54) is 18.5 Å². The molecule has 1 saturated heterocycles. The first kappa shape index (κ1) is 12.9. The largest absolute Gasteiger partial charge is 0.366 e. The van der Waals surface area contributed by atoms with E-state index in [0.29, 0.717) is 17.4 Å². The van der Waals surface area contributed by atoms with Crippen LogP contribution < -0.4 is 4.90 Å². The second-order valence-electron chi connectivity index (χ2n) is 4.80. The molecular formula is C14H19BrFN. The van der Waals surface area contributed by atoms with Crippen LogP contribution in [0.25, 0.3) is 0 Å². The Kier molecular flexibility index (Phi) is 4.08. The maximum atomic E-state index is 13.3. The fourth-order valence-electron chi connectivity index (χ4n) is 2.82. The molecule has 1 aliphatic rings. The van der Waals surface area contributed by atoms with E-state index in [9.17, 15) is 4.39 Å². The highest BCUT2D eigenvalue weighted by Crippen LogP contribution is 2.35. The molecule has 94 valence electrons. The molecule has 0 bridgehead atoms. The van der Waals surface area contributed by atoms with Gasteiger partial charge in [-0.15, -0.1) is 0 Å². The fraction of sp³-hybridized carbons (Fsp3) is 0.571. The summed E-state index contributed by atoms with van der Waals surface area (Å²) in [6, 6.07) is 6.30. The second kappa shape index (κ2) is 5.38. The fourth-order valence-corrected chi connectivity index (χ4v) is 3.27. The third-order valence-corrected chi connectivity index (χ3v) is 4.32. The Balaban J connectivity index is 2.38. The van der Waals surface area contributed by atoms with Gasteiger partial charge in [-0.05, 0) is 49.9 Å². The van der Waals surface area contributed by atoms with E-state index < -0.39 is 0 Å². The zero-order valence-electron chi connectivity index (χ0n) is 10.4. The first-order chi connectivity index (χ1) is 8.17. The molecular weight excluding hydrogens is 281 g/mol. The Morgan fingerprint density at radius 2 is 2.18 bits per heavy atom. The molecule has 1 aromatic rings. The predicted molar refractivity (Wildman–Crippen MR) is 74.3 cm³/mol. The summed E-state index contributed by atoms with van der Waals surface area (Å²) >= 11 is 3.46. The van der Waals surface area contributed by atoms with Gasteiger partial charge in [0.2, 0.25) is 0 Å². The Bertz CT molecular complexity index is 394. The molecule has 1 heterocycles. The maximum Gasteiger partial charge on any atom is 0.123 e. The molecule has 0 saturated carbocycles. The number of hydrogen-bond acceptors (Lipinski definition) is 1. The summed E-state index contributed by atoms with van der Waals surface area (Å²) < 4.78 is 13.3. The Morgan fingerprint density at radius 1 is 1.41 bits per heavy atom. The summed E-state index contributed by atoms with van der Waals surface area (Å²) in [5.74, 6) is -0.150. The molecule has 0 radical (unpaired) electrons. The quantitative estimate of drug-likeness (QED) is 0.744. The Labute approximate surface area is 111 Å². The molecule has 1 aliphatic heterocycles. The second-order valence-corrected chi connectivity index (χ2v) is 5.36. The average Bonchev–Trinajstić information content (AvgIpc) is 2.70. The van der Waals surface area contributed by atoms with Crippen molar-refractivity contribution in [2.24, 2.45) is 0 Å². The van der Waals surface area contributed by atoms with Crippen LogP contribution in [0.4, 0.5) is 10.1 Å². The number of alkyl halides is 1. The van der Waals surface area contributed by atoms with Gasteiger partial charge < -0.3 is 4.90 Å². The summed E-state index contributed by atoms with van der Waals surface area (Å²) in [5.41, 5.74) is 2.25. The van der Waals surface area contributed by atoms with Gasteiger partial charge in [-0.1, -0.05) is 22.9 Å². The van der Waals surface area contributed by atoms with Crippen molar-refractivity contribution >= 4 is 21.6 Å². The molecule has 0 spiro atoms. The van der Waals surface area contributed by atoms with Crippen LogP contribution >= 0.6 is 15.9 Å². The molecule has 17 heavy (non-hydrogen) atoms. The first-order valence-electron chi connectivity index (χ1n) is 6.30. The van der Waals surface area contributed by atoms with E-state index in [1.54, 1.807) is 12.1 Å². The molecule has 1 aromatic carbocycles. The molecule has 2 rings (SSSR count). The molecule has 1 fully saturated rings. The van der Waals surface area contributed by atoms with Crippen molar-refractivity contribution in [1.82, 2.24) is 0 Å². The standard InChI is InChI=1S/C14H19BrFN/c1-3-13-6-4-10(2)17(13)14-7-5-12(16)8-11(14)9-15/h5,7-8,10,13H,3-4,6,9H2,1-2H3. The third-order valence-electron chi connectivity index (χ3n) is 3.72. The normalized spacial score (nSPS) is 24.4. The minimum absolute atomic E-state index is 0.150. The van der Waals surface area contributed by atoms with Crippen LogP contribution in [0.5, 0.6) is 0 Å². The summed E-state index contributed by atoms with van der Waals surface area (Å²) in [5, 5.41) is 0.708. The highest BCUT2D eigenvalue weighted by molar-refractivity contribution is 9.08. The van der Waals surface area contributed by atoms with E-state index in [1.807, 2.05) is 6.07 Å². The van der Waals surface area contributed by atoms with E-state index in [4.69, 9.17) is 0 Å². The van der Waals surface area contributed by atoms with Gasteiger partial charge in [0.25, 0.3) is 0 Å². The van der Waals surface area contributed by atoms with Crippen LogP contribution in [0.2, 0.25) is 0 Å². The van der Waals surface area contributed by atoms with E-state index in [2.05, 4.69) is 34.7 Å². The molecule has 0 N–H and O–H groups in total. The molecule has 2 atom stereocenters. The Hall–Kier alpha value is -0.570. The highest BCUT2D eigenvalue weighted by Gasteiger charge is 2.30. The lowest BCUT2D eigenvalue weighted by atomic mass is 10.1. The molecule has 0 aromatic heterocycles. The van der Waals surface area contributed by atoms with Crippen molar-refractivity contribution < 1.29 is 4.39 Å². The van der Waals surface area contributed by atoms with Crippen molar-refractivity contribution in [2.75, 3.05) is 4.90 Å². The number of rotatable bonds is 3. The predicted octanol–water partition coefficient (Wildman–Crippen LogP) is 4.49. The lowest BCUT2D eigenvalue weighted by Crippen LogP contribution is -2.34. The molecule has 0 aliphatic carbocycles. The first-order valence-corrected chi connectivity index (χ1v) is 7.42. The summed E-state index contributed by atoms with van der Waals surface area (Å²) in [7, 11) is 0. The van der Waals surface area contributed by atoms with Gasteiger partial charge in [-0.25, -0.2) is 4.39 Å². The van der Waals surface area contributed by atoms with Crippen molar-refractivity contribution in [1.29, 1.82) is 0 Å². The number of anilines is 1. The van der Waals surface area contributed by atoms with Gasteiger partial charge in [0, 0.05) is 23.1 Å². The van der Waals surface area contributed by atoms with Gasteiger partial charge in [0.1, 0.15) is 5.82 Å². The average molecular weight is 300 g/mol. The van der Waals surface area contributed by atoms with Gasteiger partial charge in [-0.3, -0.25) is 0 Å². The van der Waals surface area contributed by atoms with Gasteiger partial charge >= 0.3 is 0 Å². The number of hydrogen-bond donors (Lipinski definition) is 0. The van der Waals surface area contributed by atoms with Crippen LogP contribution in [0, 0.1) is 5.82 Å². The monoisotopic (exact) mass is 299 g/mol. The number of nitrogens with zero attached hydrogens (tertiary/aromatic N) is 1. The molecule has 1 nitrogen and oxygen atoms in total. The zero-order valence-corrected chi connectivity index (χ0v) is 12.0.